The van der Waals surface area contributed by atoms with Crippen LogP contribution >= 0.6 is 23.6 Å². The molecule has 1 N–H and O–H groups in total. The molecule has 0 amide bonds. The molecule has 1 aromatic heterocycles. The van der Waals surface area contributed by atoms with Gasteiger partial charge in [-0.25, -0.2) is 4.68 Å². The Hall–Kier alpha value is -1.32. The number of aromatic nitrogens is 2. The smallest absolute Gasteiger partial charge is 0.204 e. The molecule has 0 saturated carbocycles. The van der Waals surface area contributed by atoms with Gasteiger partial charge in [-0.3, -0.25) is 9.80 Å². The summed E-state index contributed by atoms with van der Waals surface area (Å²) in [6.45, 7) is 12.7. The highest BCUT2D eigenvalue weighted by molar-refractivity contribution is 7.73. The zero-order valence-electron chi connectivity index (χ0n) is 16.9. The summed E-state index contributed by atoms with van der Waals surface area (Å²) in [6.07, 6.45) is 0.975. The largest absolute Gasteiger partial charge is 0.382 e. The first kappa shape index (κ1) is 21.4. The van der Waals surface area contributed by atoms with Crippen LogP contribution in [0.15, 0.2) is 24.3 Å². The van der Waals surface area contributed by atoms with Crippen LogP contribution in [0.25, 0.3) is 0 Å². The van der Waals surface area contributed by atoms with Gasteiger partial charge < -0.3 is 10.1 Å². The van der Waals surface area contributed by atoms with Gasteiger partial charge in [-0.05, 0) is 43.6 Å². The lowest BCUT2D eigenvalue weighted by atomic mass is 10.1. The van der Waals surface area contributed by atoms with Crippen LogP contribution in [0.4, 0.5) is 5.13 Å². The second-order valence-corrected chi connectivity index (χ2v) is 8.73. The van der Waals surface area contributed by atoms with Gasteiger partial charge in [0.1, 0.15) is 0 Å². The average Bonchev–Trinajstić information content (AvgIpc) is 3.04. The Morgan fingerprint density at radius 3 is 2.68 bits per heavy atom. The van der Waals surface area contributed by atoms with Gasteiger partial charge in [0, 0.05) is 52.5 Å². The number of rotatable bonds is 10. The average molecular weight is 422 g/mol. The highest BCUT2D eigenvalue weighted by Crippen LogP contribution is 2.16. The predicted octanol–water partition coefficient (Wildman–Crippen LogP) is 3.60. The van der Waals surface area contributed by atoms with Crippen molar-refractivity contribution in [2.24, 2.45) is 0 Å². The topological polar surface area (TPSA) is 45.6 Å². The second-order valence-electron chi connectivity index (χ2n) is 7.11. The minimum atomic E-state index is 0.770. The zero-order valence-corrected chi connectivity index (χ0v) is 18.5. The summed E-state index contributed by atoms with van der Waals surface area (Å²) in [4.78, 5) is 4.97. The summed E-state index contributed by atoms with van der Waals surface area (Å²) in [6, 6.07) is 8.67. The number of ether oxygens (including phenoxy) is 1. The highest BCUT2D eigenvalue weighted by Gasteiger charge is 2.18. The maximum Gasteiger partial charge on any atom is 0.204 e. The molecular weight excluding hydrogens is 390 g/mol. The normalized spacial score (nSPS) is 15.8. The first-order chi connectivity index (χ1) is 13.7. The van der Waals surface area contributed by atoms with Gasteiger partial charge in [0.2, 0.25) is 5.13 Å². The van der Waals surface area contributed by atoms with Crippen LogP contribution < -0.4 is 5.32 Å². The maximum atomic E-state index is 5.50. The lowest BCUT2D eigenvalue weighted by Gasteiger charge is -2.34. The van der Waals surface area contributed by atoms with Gasteiger partial charge in [-0.1, -0.05) is 35.6 Å². The molecule has 0 unspecified atom stereocenters. The van der Waals surface area contributed by atoms with Crippen LogP contribution in [-0.4, -0.2) is 65.5 Å². The van der Waals surface area contributed by atoms with Crippen LogP contribution in [0, 0.1) is 10.9 Å². The third-order valence-corrected chi connectivity index (χ3v) is 6.27. The molecule has 2 aromatic rings. The lowest BCUT2D eigenvalue weighted by Crippen LogP contribution is -2.46. The molecule has 2 heterocycles. The lowest BCUT2D eigenvalue weighted by molar-refractivity contribution is 0.0984. The van der Waals surface area contributed by atoms with Crippen molar-refractivity contribution < 1.29 is 4.74 Å². The van der Waals surface area contributed by atoms with Crippen LogP contribution in [0.2, 0.25) is 0 Å². The molecule has 0 spiro atoms. The molecule has 8 heteroatoms. The zero-order chi connectivity index (χ0) is 19.8. The summed E-state index contributed by atoms with van der Waals surface area (Å²) in [5.74, 6) is 0. The van der Waals surface area contributed by atoms with Crippen molar-refractivity contribution in [1.29, 1.82) is 0 Å². The number of anilines is 1. The first-order valence-electron chi connectivity index (χ1n) is 10.0. The van der Waals surface area contributed by atoms with Crippen molar-refractivity contribution in [2.45, 2.75) is 33.5 Å². The number of benzene rings is 1. The Kier molecular flexibility index (Phi) is 8.42. The molecule has 154 valence electrons. The molecule has 0 bridgehead atoms. The number of hydrogen-bond acceptors (Lipinski definition) is 7. The molecule has 1 aliphatic rings. The Morgan fingerprint density at radius 2 is 1.93 bits per heavy atom. The van der Waals surface area contributed by atoms with Crippen molar-refractivity contribution in [2.75, 3.05) is 51.3 Å². The molecule has 28 heavy (non-hydrogen) atoms. The van der Waals surface area contributed by atoms with Crippen LogP contribution in [0.5, 0.6) is 0 Å². The van der Waals surface area contributed by atoms with Gasteiger partial charge in [0.25, 0.3) is 0 Å². The molecule has 3 rings (SSSR count). The molecule has 1 aromatic carbocycles. The van der Waals surface area contributed by atoms with Gasteiger partial charge in [-0.15, -0.1) is 5.10 Å². The predicted molar refractivity (Wildman–Crippen MR) is 119 cm³/mol. The minimum absolute atomic E-state index is 0.770. The molecule has 1 saturated heterocycles. The fourth-order valence-electron chi connectivity index (χ4n) is 3.29. The van der Waals surface area contributed by atoms with Gasteiger partial charge >= 0.3 is 0 Å². The van der Waals surface area contributed by atoms with E-state index < -0.39 is 0 Å². The van der Waals surface area contributed by atoms with Crippen molar-refractivity contribution in [3.8, 4) is 0 Å². The number of nitrogens with one attached hydrogen (secondary N) is 1. The minimum Gasteiger partial charge on any atom is -0.382 e. The van der Waals surface area contributed by atoms with E-state index in [1.807, 2.05) is 11.6 Å². The quantitative estimate of drug-likeness (QED) is 0.467. The summed E-state index contributed by atoms with van der Waals surface area (Å²) >= 11 is 7.05. The number of hydrogen-bond donors (Lipinski definition) is 1. The Balaban J connectivity index is 1.43. The molecule has 0 aliphatic carbocycles. The van der Waals surface area contributed by atoms with E-state index in [4.69, 9.17) is 17.0 Å². The van der Waals surface area contributed by atoms with Crippen molar-refractivity contribution in [3.05, 3.63) is 39.3 Å². The van der Waals surface area contributed by atoms with E-state index in [0.717, 1.165) is 74.7 Å². The van der Waals surface area contributed by atoms with Gasteiger partial charge in [0.05, 0.1) is 6.67 Å². The van der Waals surface area contributed by atoms with Crippen molar-refractivity contribution >= 4 is 28.7 Å². The fraction of sp³-hybridized carbons (Fsp3) is 0.600. The van der Waals surface area contributed by atoms with Crippen LogP contribution in [-0.2, 0) is 18.0 Å². The van der Waals surface area contributed by atoms with Gasteiger partial charge in [-0.2, -0.15) is 0 Å². The number of nitrogens with zero attached hydrogens (tertiary/aromatic N) is 4. The van der Waals surface area contributed by atoms with Crippen molar-refractivity contribution in [1.82, 2.24) is 19.6 Å². The molecule has 1 aliphatic heterocycles. The van der Waals surface area contributed by atoms with E-state index in [2.05, 4.69) is 51.4 Å². The number of aryl methyl sites for hydroxylation is 1. The fourth-order valence-corrected chi connectivity index (χ4v) is 4.31. The van der Waals surface area contributed by atoms with E-state index in [-0.39, 0.29) is 0 Å². The van der Waals surface area contributed by atoms with E-state index in [0.29, 0.717) is 0 Å². The van der Waals surface area contributed by atoms with Crippen molar-refractivity contribution in [3.63, 3.8) is 0 Å². The summed E-state index contributed by atoms with van der Waals surface area (Å²) in [5.41, 5.74) is 2.80. The molecule has 6 nitrogen and oxygen atoms in total. The third kappa shape index (κ3) is 6.35. The first-order valence-corrected chi connectivity index (χ1v) is 11.3. The third-order valence-electron chi connectivity index (χ3n) is 5.01. The standard InChI is InChI=1S/C20H31N5OS2/c1-3-26-14-6-9-21-19-22-25(20(27)28-19)16-24-12-10-23(11-13-24)15-18-8-5-4-7-17(18)2/h4-5,7-8H,3,6,9-16H2,1-2H3,(H,21,22). The van der Waals surface area contributed by atoms with E-state index >= 15 is 0 Å². The maximum absolute atomic E-state index is 5.50. The van der Waals surface area contributed by atoms with E-state index in [1.165, 1.54) is 11.1 Å². The number of piperazine rings is 1. The van der Waals surface area contributed by atoms with Gasteiger partial charge in [0.15, 0.2) is 3.95 Å². The second kappa shape index (κ2) is 11.0. The Labute approximate surface area is 177 Å². The molecule has 0 atom stereocenters. The molecule has 1 fully saturated rings. The summed E-state index contributed by atoms with van der Waals surface area (Å²) in [5, 5.41) is 8.90. The highest BCUT2D eigenvalue weighted by atomic mass is 32.1. The molecular formula is C20H31N5OS2. The van der Waals surface area contributed by atoms with Crippen LogP contribution in [0.3, 0.4) is 0 Å². The van der Waals surface area contributed by atoms with E-state index in [1.54, 1.807) is 11.3 Å². The van der Waals surface area contributed by atoms with Crippen LogP contribution in [0.1, 0.15) is 24.5 Å². The molecule has 0 radical (unpaired) electrons. The monoisotopic (exact) mass is 421 g/mol. The summed E-state index contributed by atoms with van der Waals surface area (Å²) < 4.78 is 8.13. The summed E-state index contributed by atoms with van der Waals surface area (Å²) in [7, 11) is 0. The Bertz CT molecular complexity index is 783. The van der Waals surface area contributed by atoms with E-state index in [9.17, 15) is 0 Å². The Morgan fingerprint density at radius 1 is 1.18 bits per heavy atom. The SMILES string of the molecule is CCOCCCNc1nn(CN2CCN(Cc3ccccc3C)CC2)c(=S)s1.